The summed E-state index contributed by atoms with van der Waals surface area (Å²) in [5.41, 5.74) is 1.27. The largest absolute Gasteiger partial charge is 0.484 e. The van der Waals surface area contributed by atoms with Gasteiger partial charge in [-0.2, -0.15) is 0 Å². The summed E-state index contributed by atoms with van der Waals surface area (Å²) in [6, 6.07) is 3.46. The summed E-state index contributed by atoms with van der Waals surface area (Å²) in [6.07, 6.45) is 0.654. The summed E-state index contributed by atoms with van der Waals surface area (Å²) in [4.78, 5) is 14.1. The predicted molar refractivity (Wildman–Crippen MR) is 46.5 cm³/mol. The van der Waals surface area contributed by atoms with Gasteiger partial charge in [0.05, 0.1) is 6.61 Å². The summed E-state index contributed by atoms with van der Waals surface area (Å²) in [5.74, 6) is 0.459. The van der Waals surface area contributed by atoms with Crippen molar-refractivity contribution in [2.75, 3.05) is 6.61 Å². The first-order valence-corrected chi connectivity index (χ1v) is 3.91. The Morgan fingerprint density at radius 1 is 1.62 bits per heavy atom. The fourth-order valence-corrected chi connectivity index (χ4v) is 0.966. The number of aromatic nitrogens is 1. The Kier molecular flexibility index (Phi) is 3.40. The van der Waals surface area contributed by atoms with Gasteiger partial charge in [-0.3, -0.25) is 9.78 Å². The third-order valence-corrected chi connectivity index (χ3v) is 1.53. The molecule has 0 atom stereocenters. The van der Waals surface area contributed by atoms with Crippen LogP contribution in [0.5, 0.6) is 5.75 Å². The number of aldehydes is 1. The molecule has 0 amide bonds. The van der Waals surface area contributed by atoms with Gasteiger partial charge in [-0.1, -0.05) is 0 Å². The molecule has 0 saturated carbocycles. The fraction of sp³-hybridized carbons (Fsp3) is 0.333. The molecule has 0 spiro atoms. The second-order valence-corrected chi connectivity index (χ2v) is 2.53. The highest BCUT2D eigenvalue weighted by Gasteiger charge is 2.03. The highest BCUT2D eigenvalue weighted by Crippen LogP contribution is 2.16. The van der Waals surface area contributed by atoms with Crippen molar-refractivity contribution < 1.29 is 14.6 Å². The van der Waals surface area contributed by atoms with Crippen molar-refractivity contribution in [2.45, 2.75) is 13.5 Å². The van der Waals surface area contributed by atoms with Gasteiger partial charge in [0.25, 0.3) is 0 Å². The molecule has 1 rings (SSSR count). The lowest BCUT2D eigenvalue weighted by molar-refractivity contribution is -0.109. The van der Waals surface area contributed by atoms with Crippen LogP contribution in [-0.4, -0.2) is 23.0 Å². The molecule has 1 N–H and O–H groups in total. The van der Waals surface area contributed by atoms with E-state index in [1.165, 1.54) is 0 Å². The van der Waals surface area contributed by atoms with Crippen LogP contribution < -0.4 is 4.74 Å². The molecule has 1 aromatic heterocycles. The number of aliphatic hydroxyl groups is 1. The van der Waals surface area contributed by atoms with Crippen LogP contribution in [0.25, 0.3) is 0 Å². The molecule has 4 heteroatoms. The summed E-state index contributed by atoms with van der Waals surface area (Å²) in [6.45, 7) is 1.62. The average Bonchev–Trinajstić information content (AvgIpc) is 2.16. The highest BCUT2D eigenvalue weighted by atomic mass is 16.5. The Balaban J connectivity index is 2.85. The van der Waals surface area contributed by atoms with Crippen molar-refractivity contribution in [3.8, 4) is 5.75 Å². The quantitative estimate of drug-likeness (QED) is 0.685. The molecular weight excluding hydrogens is 170 g/mol. The molecular formula is C9H11NO3. The minimum Gasteiger partial charge on any atom is -0.484 e. The third-order valence-electron chi connectivity index (χ3n) is 1.53. The normalized spacial score (nSPS) is 9.69. The Morgan fingerprint density at radius 2 is 2.38 bits per heavy atom. The minimum atomic E-state index is -0.185. The van der Waals surface area contributed by atoms with E-state index in [9.17, 15) is 4.79 Å². The number of carbonyl (C=O) groups is 1. The van der Waals surface area contributed by atoms with E-state index in [0.29, 0.717) is 17.7 Å². The first-order chi connectivity index (χ1) is 6.27. The number of aliphatic hydroxyl groups excluding tert-OH is 1. The zero-order valence-corrected chi connectivity index (χ0v) is 7.36. The number of nitrogens with zero attached hydrogens (tertiary/aromatic N) is 1. The first kappa shape index (κ1) is 9.67. The second-order valence-electron chi connectivity index (χ2n) is 2.53. The van der Waals surface area contributed by atoms with Crippen LogP contribution in [0.4, 0.5) is 0 Å². The molecule has 0 saturated heterocycles. The van der Waals surface area contributed by atoms with Gasteiger partial charge in [-0.15, -0.1) is 0 Å². The maximum atomic E-state index is 10.0. The molecule has 1 aromatic rings. The predicted octanol–water partition coefficient (Wildman–Crippen LogP) is 0.460. The average molecular weight is 181 g/mol. The van der Waals surface area contributed by atoms with E-state index in [0.717, 1.165) is 5.69 Å². The maximum absolute atomic E-state index is 10.0. The number of rotatable bonds is 4. The van der Waals surface area contributed by atoms with Gasteiger partial charge < -0.3 is 9.84 Å². The van der Waals surface area contributed by atoms with Crippen molar-refractivity contribution in [2.24, 2.45) is 0 Å². The molecule has 0 aromatic carbocycles. The van der Waals surface area contributed by atoms with Crippen LogP contribution in [0.3, 0.4) is 0 Å². The lowest BCUT2D eigenvalue weighted by Gasteiger charge is -2.06. The smallest absolute Gasteiger partial charge is 0.157 e. The van der Waals surface area contributed by atoms with Crippen LogP contribution in [-0.2, 0) is 11.4 Å². The molecule has 70 valence electrons. The van der Waals surface area contributed by atoms with E-state index >= 15 is 0 Å². The van der Waals surface area contributed by atoms with Gasteiger partial charge in [0.2, 0.25) is 0 Å². The molecule has 0 fully saturated rings. The Hall–Kier alpha value is -1.42. The lowest BCUT2D eigenvalue weighted by Crippen LogP contribution is -2.03. The SMILES string of the molecule is Cc1ccc(OCC=O)c(CO)n1. The number of ether oxygens (including phenoxy) is 1. The molecule has 0 radical (unpaired) electrons. The van der Waals surface area contributed by atoms with E-state index in [1.54, 1.807) is 12.1 Å². The van der Waals surface area contributed by atoms with E-state index in [4.69, 9.17) is 9.84 Å². The zero-order chi connectivity index (χ0) is 9.68. The highest BCUT2D eigenvalue weighted by molar-refractivity contribution is 5.51. The van der Waals surface area contributed by atoms with Gasteiger partial charge in [0.15, 0.2) is 6.29 Å². The fourth-order valence-electron chi connectivity index (χ4n) is 0.966. The van der Waals surface area contributed by atoms with Crippen LogP contribution in [0.2, 0.25) is 0 Å². The summed E-state index contributed by atoms with van der Waals surface area (Å²) in [5, 5.41) is 8.91. The Labute approximate surface area is 76.2 Å². The summed E-state index contributed by atoms with van der Waals surface area (Å²) >= 11 is 0. The van der Waals surface area contributed by atoms with Crippen LogP contribution in [0, 0.1) is 6.92 Å². The van der Waals surface area contributed by atoms with Crippen LogP contribution in [0.15, 0.2) is 12.1 Å². The van der Waals surface area contributed by atoms with Gasteiger partial charge in [0.1, 0.15) is 18.1 Å². The number of pyridine rings is 1. The number of hydrogen-bond acceptors (Lipinski definition) is 4. The van der Waals surface area contributed by atoms with Crippen molar-refractivity contribution >= 4 is 6.29 Å². The van der Waals surface area contributed by atoms with Crippen LogP contribution in [0.1, 0.15) is 11.4 Å². The standard InChI is InChI=1S/C9H11NO3/c1-7-2-3-9(13-5-4-11)8(6-12)10-7/h2-4,12H,5-6H2,1H3. The van der Waals surface area contributed by atoms with E-state index in [1.807, 2.05) is 6.92 Å². The van der Waals surface area contributed by atoms with Gasteiger partial charge in [-0.05, 0) is 19.1 Å². The minimum absolute atomic E-state index is 0.0161. The van der Waals surface area contributed by atoms with E-state index in [2.05, 4.69) is 4.98 Å². The maximum Gasteiger partial charge on any atom is 0.157 e. The van der Waals surface area contributed by atoms with E-state index < -0.39 is 0 Å². The molecule has 1 heterocycles. The molecule has 4 nitrogen and oxygen atoms in total. The van der Waals surface area contributed by atoms with Crippen molar-refractivity contribution in [1.82, 2.24) is 4.98 Å². The third kappa shape index (κ3) is 2.52. The van der Waals surface area contributed by atoms with Gasteiger partial charge in [0, 0.05) is 5.69 Å². The Bertz CT molecular complexity index is 299. The van der Waals surface area contributed by atoms with Crippen molar-refractivity contribution in [1.29, 1.82) is 0 Å². The second kappa shape index (κ2) is 4.57. The molecule has 0 aliphatic carbocycles. The molecule has 0 bridgehead atoms. The Morgan fingerprint density at radius 3 is 3.00 bits per heavy atom. The number of aryl methyl sites for hydroxylation is 1. The van der Waals surface area contributed by atoms with Crippen molar-refractivity contribution in [3.63, 3.8) is 0 Å². The van der Waals surface area contributed by atoms with Crippen molar-refractivity contribution in [3.05, 3.63) is 23.5 Å². The summed E-state index contributed by atoms with van der Waals surface area (Å²) < 4.78 is 5.04. The lowest BCUT2D eigenvalue weighted by atomic mass is 10.3. The number of carbonyl (C=O) groups excluding carboxylic acids is 1. The molecule has 0 aliphatic rings. The number of hydrogen-bond donors (Lipinski definition) is 1. The zero-order valence-electron chi connectivity index (χ0n) is 7.36. The van der Waals surface area contributed by atoms with Crippen LogP contribution >= 0.6 is 0 Å². The van der Waals surface area contributed by atoms with Gasteiger partial charge >= 0.3 is 0 Å². The monoisotopic (exact) mass is 181 g/mol. The molecule has 13 heavy (non-hydrogen) atoms. The molecule has 0 unspecified atom stereocenters. The molecule has 0 aliphatic heterocycles. The first-order valence-electron chi connectivity index (χ1n) is 3.91. The van der Waals surface area contributed by atoms with Gasteiger partial charge in [-0.25, -0.2) is 0 Å². The summed E-state index contributed by atoms with van der Waals surface area (Å²) in [7, 11) is 0. The topological polar surface area (TPSA) is 59.4 Å². The van der Waals surface area contributed by atoms with E-state index in [-0.39, 0.29) is 13.2 Å².